The first-order valence-corrected chi connectivity index (χ1v) is 9.44. The summed E-state index contributed by atoms with van der Waals surface area (Å²) in [5.41, 5.74) is 4.32. The zero-order chi connectivity index (χ0) is 17.7. The Balaban J connectivity index is 2.08. The quantitative estimate of drug-likeness (QED) is 0.631. The molecule has 2 aromatic rings. The highest BCUT2D eigenvalue weighted by Crippen LogP contribution is 2.20. The molecule has 2 rings (SSSR count). The van der Waals surface area contributed by atoms with E-state index in [1.807, 2.05) is 0 Å². The van der Waals surface area contributed by atoms with Crippen molar-refractivity contribution in [1.29, 1.82) is 0 Å². The molecule has 24 heavy (non-hydrogen) atoms. The standard InChI is InChI=1S/C19H29N3OS/c1-5-6-17-21-16-9-14(8-13(4)18(16)22-17)10-20-19(23)15(11-24)7-12(2)3/h8-9,12,15,24H,5-7,10-11H2,1-4H3,(H,20,23)(H,21,22)/t15-/m1/s1. The van der Waals surface area contributed by atoms with Crippen LogP contribution in [0, 0.1) is 18.8 Å². The lowest BCUT2D eigenvalue weighted by Crippen LogP contribution is -2.32. The molecule has 2 N–H and O–H groups in total. The van der Waals surface area contributed by atoms with Crippen LogP contribution in [-0.2, 0) is 17.8 Å². The van der Waals surface area contributed by atoms with Crippen LogP contribution in [0.4, 0.5) is 0 Å². The van der Waals surface area contributed by atoms with Crippen molar-refractivity contribution in [3.8, 4) is 0 Å². The molecule has 1 aromatic carbocycles. The van der Waals surface area contributed by atoms with Crippen LogP contribution in [0.1, 0.15) is 50.6 Å². The number of carbonyl (C=O) groups excluding carboxylic acids is 1. The third-order valence-electron chi connectivity index (χ3n) is 4.19. The molecular formula is C19H29N3OS. The highest BCUT2D eigenvalue weighted by atomic mass is 32.1. The Morgan fingerprint density at radius 3 is 2.75 bits per heavy atom. The molecule has 1 heterocycles. The third-order valence-corrected chi connectivity index (χ3v) is 4.63. The van der Waals surface area contributed by atoms with Gasteiger partial charge in [-0.05, 0) is 42.9 Å². The number of benzene rings is 1. The number of carbonyl (C=O) groups is 1. The van der Waals surface area contributed by atoms with Gasteiger partial charge >= 0.3 is 0 Å². The minimum atomic E-state index is -0.0264. The SMILES string of the molecule is CCCc1nc2c(C)cc(CNC(=O)[C@@H](CS)CC(C)C)cc2[nH]1. The van der Waals surface area contributed by atoms with E-state index >= 15 is 0 Å². The molecule has 1 aromatic heterocycles. The second-order valence-electron chi connectivity index (χ2n) is 6.97. The van der Waals surface area contributed by atoms with Crippen molar-refractivity contribution in [2.75, 3.05) is 5.75 Å². The molecule has 0 aliphatic rings. The number of hydrogen-bond donors (Lipinski definition) is 3. The van der Waals surface area contributed by atoms with Gasteiger partial charge < -0.3 is 10.3 Å². The Morgan fingerprint density at radius 1 is 1.38 bits per heavy atom. The zero-order valence-corrected chi connectivity index (χ0v) is 16.0. The highest BCUT2D eigenvalue weighted by molar-refractivity contribution is 7.80. The summed E-state index contributed by atoms with van der Waals surface area (Å²) in [6.45, 7) is 9.02. The van der Waals surface area contributed by atoms with Crippen LogP contribution < -0.4 is 5.32 Å². The summed E-state index contributed by atoms with van der Waals surface area (Å²) in [4.78, 5) is 20.4. The van der Waals surface area contributed by atoms with E-state index in [1.165, 1.54) is 0 Å². The van der Waals surface area contributed by atoms with Crippen molar-refractivity contribution in [3.05, 3.63) is 29.1 Å². The van der Waals surface area contributed by atoms with Crippen molar-refractivity contribution in [3.63, 3.8) is 0 Å². The first-order chi connectivity index (χ1) is 11.4. The Hall–Kier alpha value is -1.49. The Morgan fingerprint density at radius 2 is 2.12 bits per heavy atom. The van der Waals surface area contributed by atoms with Crippen molar-refractivity contribution in [1.82, 2.24) is 15.3 Å². The molecule has 0 unspecified atom stereocenters. The molecule has 1 atom stereocenters. The summed E-state index contributed by atoms with van der Waals surface area (Å²) in [7, 11) is 0. The first kappa shape index (κ1) is 18.8. The molecule has 0 bridgehead atoms. The number of rotatable bonds is 8. The summed E-state index contributed by atoms with van der Waals surface area (Å²) in [6, 6.07) is 4.20. The largest absolute Gasteiger partial charge is 0.352 e. The summed E-state index contributed by atoms with van der Waals surface area (Å²) in [5, 5.41) is 3.06. The number of imidazole rings is 1. The Labute approximate surface area is 150 Å². The molecule has 0 spiro atoms. The van der Waals surface area contributed by atoms with Gasteiger partial charge in [-0.1, -0.05) is 26.8 Å². The summed E-state index contributed by atoms with van der Waals surface area (Å²) >= 11 is 4.32. The fourth-order valence-corrected chi connectivity index (χ4v) is 3.36. The molecule has 0 fully saturated rings. The molecule has 0 radical (unpaired) electrons. The molecule has 0 saturated carbocycles. The summed E-state index contributed by atoms with van der Waals surface area (Å²) in [6.07, 6.45) is 2.90. The molecule has 5 heteroatoms. The monoisotopic (exact) mass is 347 g/mol. The van der Waals surface area contributed by atoms with Gasteiger partial charge in [0.2, 0.25) is 5.91 Å². The maximum absolute atomic E-state index is 12.3. The number of aryl methyl sites for hydroxylation is 2. The average Bonchev–Trinajstić information content (AvgIpc) is 2.93. The number of fused-ring (bicyclic) bond motifs is 1. The van der Waals surface area contributed by atoms with Crippen LogP contribution >= 0.6 is 12.6 Å². The lowest BCUT2D eigenvalue weighted by molar-refractivity contribution is -0.124. The second-order valence-corrected chi connectivity index (χ2v) is 7.33. The van der Waals surface area contributed by atoms with Crippen molar-refractivity contribution >= 4 is 29.6 Å². The number of H-pyrrole nitrogens is 1. The van der Waals surface area contributed by atoms with Gasteiger partial charge in [0.15, 0.2) is 0 Å². The van der Waals surface area contributed by atoms with Crippen LogP contribution in [0.3, 0.4) is 0 Å². The van der Waals surface area contributed by atoms with Gasteiger partial charge in [0.1, 0.15) is 5.82 Å². The number of nitrogens with zero attached hydrogens (tertiary/aromatic N) is 1. The van der Waals surface area contributed by atoms with Crippen LogP contribution in [0.25, 0.3) is 11.0 Å². The van der Waals surface area contributed by atoms with E-state index in [1.54, 1.807) is 0 Å². The fourth-order valence-electron chi connectivity index (χ4n) is 3.04. The Kier molecular flexibility index (Phi) is 6.72. The van der Waals surface area contributed by atoms with Gasteiger partial charge in [-0.3, -0.25) is 4.79 Å². The maximum Gasteiger partial charge on any atom is 0.224 e. The van der Waals surface area contributed by atoms with E-state index in [0.717, 1.165) is 47.2 Å². The van der Waals surface area contributed by atoms with Crippen LogP contribution in [0.15, 0.2) is 12.1 Å². The molecule has 0 saturated heterocycles. The van der Waals surface area contributed by atoms with E-state index in [0.29, 0.717) is 18.2 Å². The molecular weight excluding hydrogens is 318 g/mol. The van der Waals surface area contributed by atoms with E-state index in [2.05, 4.69) is 67.7 Å². The highest BCUT2D eigenvalue weighted by Gasteiger charge is 2.18. The maximum atomic E-state index is 12.3. The van der Waals surface area contributed by atoms with Crippen molar-refractivity contribution < 1.29 is 4.79 Å². The van der Waals surface area contributed by atoms with E-state index in [-0.39, 0.29) is 11.8 Å². The average molecular weight is 348 g/mol. The van der Waals surface area contributed by atoms with E-state index in [4.69, 9.17) is 0 Å². The first-order valence-electron chi connectivity index (χ1n) is 8.81. The zero-order valence-electron chi connectivity index (χ0n) is 15.1. The Bertz CT molecular complexity index is 693. The lowest BCUT2D eigenvalue weighted by Gasteiger charge is -2.16. The van der Waals surface area contributed by atoms with E-state index in [9.17, 15) is 4.79 Å². The van der Waals surface area contributed by atoms with Crippen LogP contribution in [0.5, 0.6) is 0 Å². The molecule has 1 amide bonds. The van der Waals surface area contributed by atoms with Crippen molar-refractivity contribution in [2.24, 2.45) is 11.8 Å². The van der Waals surface area contributed by atoms with Crippen LogP contribution in [0.2, 0.25) is 0 Å². The molecule has 4 nitrogen and oxygen atoms in total. The predicted octanol–water partition coefficient (Wildman–Crippen LogP) is 4.03. The number of thiol groups is 1. The fraction of sp³-hybridized carbons (Fsp3) is 0.579. The van der Waals surface area contributed by atoms with E-state index < -0.39 is 0 Å². The number of hydrogen-bond acceptors (Lipinski definition) is 3. The van der Waals surface area contributed by atoms with Gasteiger partial charge in [-0.2, -0.15) is 12.6 Å². The van der Waals surface area contributed by atoms with Crippen molar-refractivity contribution in [2.45, 2.75) is 53.5 Å². The number of amides is 1. The molecule has 132 valence electrons. The number of aromatic nitrogens is 2. The van der Waals surface area contributed by atoms with Gasteiger partial charge in [-0.25, -0.2) is 4.98 Å². The van der Waals surface area contributed by atoms with Gasteiger partial charge in [0, 0.05) is 24.6 Å². The second kappa shape index (κ2) is 8.56. The number of aromatic amines is 1. The smallest absolute Gasteiger partial charge is 0.224 e. The normalized spacial score (nSPS) is 12.8. The summed E-state index contributed by atoms with van der Waals surface area (Å²) < 4.78 is 0. The topological polar surface area (TPSA) is 57.8 Å². The van der Waals surface area contributed by atoms with Crippen LogP contribution in [-0.4, -0.2) is 21.6 Å². The predicted molar refractivity (Wildman–Crippen MR) is 103 cm³/mol. The van der Waals surface area contributed by atoms with Gasteiger partial charge in [0.25, 0.3) is 0 Å². The lowest BCUT2D eigenvalue weighted by atomic mass is 9.98. The van der Waals surface area contributed by atoms with Gasteiger partial charge in [0.05, 0.1) is 11.0 Å². The third kappa shape index (κ3) is 4.76. The van der Waals surface area contributed by atoms with Gasteiger partial charge in [-0.15, -0.1) is 0 Å². The molecule has 0 aliphatic heterocycles. The molecule has 0 aliphatic carbocycles. The minimum absolute atomic E-state index is 0.0264. The minimum Gasteiger partial charge on any atom is -0.352 e. The number of nitrogens with one attached hydrogen (secondary N) is 2. The summed E-state index contributed by atoms with van der Waals surface area (Å²) in [5.74, 6) is 2.18.